The first kappa shape index (κ1) is 19.1. The number of aromatic nitrogens is 2. The van der Waals surface area contributed by atoms with Crippen LogP contribution in [0.4, 0.5) is 0 Å². The lowest BCUT2D eigenvalue weighted by molar-refractivity contribution is -0.122. The Bertz CT molecular complexity index is 976. The molecule has 2 heterocycles. The summed E-state index contributed by atoms with van der Waals surface area (Å²) in [6.07, 6.45) is 1.73. The number of thiophene rings is 1. The van der Waals surface area contributed by atoms with Gasteiger partial charge in [-0.2, -0.15) is 0 Å². The molecule has 0 saturated heterocycles. The molecule has 142 valence electrons. The summed E-state index contributed by atoms with van der Waals surface area (Å²) < 4.78 is 6.68. The third kappa shape index (κ3) is 4.36. The van der Waals surface area contributed by atoms with Crippen molar-refractivity contribution >= 4 is 27.5 Å². The van der Waals surface area contributed by atoms with E-state index in [9.17, 15) is 9.59 Å². The zero-order valence-electron chi connectivity index (χ0n) is 15.6. The maximum atomic E-state index is 12.5. The predicted octanol–water partition coefficient (Wildman–Crippen LogP) is 3.37. The number of nitrogens with one attached hydrogen (secondary N) is 1. The molecule has 7 heteroatoms. The minimum atomic E-state index is -0.107. The average molecular weight is 385 g/mol. The van der Waals surface area contributed by atoms with Gasteiger partial charge in [0, 0.05) is 13.0 Å². The summed E-state index contributed by atoms with van der Waals surface area (Å²) in [5, 5.41) is 5.52. The van der Waals surface area contributed by atoms with E-state index < -0.39 is 0 Å². The van der Waals surface area contributed by atoms with Crippen molar-refractivity contribution in [3.63, 3.8) is 0 Å². The van der Waals surface area contributed by atoms with E-state index in [-0.39, 0.29) is 29.8 Å². The van der Waals surface area contributed by atoms with E-state index in [4.69, 9.17) is 4.74 Å². The van der Waals surface area contributed by atoms with Gasteiger partial charge in [0.15, 0.2) is 0 Å². The van der Waals surface area contributed by atoms with Gasteiger partial charge < -0.3 is 10.1 Å². The highest BCUT2D eigenvalue weighted by molar-refractivity contribution is 7.16. The lowest BCUT2D eigenvalue weighted by Gasteiger charge is -2.23. The summed E-state index contributed by atoms with van der Waals surface area (Å²) in [5.74, 6) is 0.916. The molecule has 0 bridgehead atoms. The van der Waals surface area contributed by atoms with Gasteiger partial charge in [-0.25, -0.2) is 4.98 Å². The van der Waals surface area contributed by atoms with Gasteiger partial charge >= 0.3 is 0 Å². The van der Waals surface area contributed by atoms with E-state index >= 15 is 0 Å². The van der Waals surface area contributed by atoms with Gasteiger partial charge in [0.1, 0.15) is 10.6 Å². The molecule has 0 radical (unpaired) electrons. The maximum Gasteiger partial charge on any atom is 0.262 e. The Balaban J connectivity index is 1.66. The lowest BCUT2D eigenvalue weighted by atomic mass is 9.96. The number of hydrogen-bond acceptors (Lipinski definition) is 5. The van der Waals surface area contributed by atoms with Crippen molar-refractivity contribution in [2.45, 2.75) is 32.9 Å². The molecule has 0 spiro atoms. The van der Waals surface area contributed by atoms with Crippen molar-refractivity contribution < 1.29 is 9.53 Å². The minimum absolute atomic E-state index is 0.0955. The fourth-order valence-electron chi connectivity index (χ4n) is 2.97. The molecular weight excluding hydrogens is 362 g/mol. The molecule has 0 aliphatic carbocycles. The smallest absolute Gasteiger partial charge is 0.262 e. The number of benzene rings is 1. The van der Waals surface area contributed by atoms with Crippen LogP contribution in [0.3, 0.4) is 0 Å². The molecule has 0 aliphatic heterocycles. The van der Waals surface area contributed by atoms with Crippen LogP contribution in [0.25, 0.3) is 10.2 Å². The zero-order chi connectivity index (χ0) is 19.4. The molecule has 2 aromatic heterocycles. The summed E-state index contributed by atoms with van der Waals surface area (Å²) in [5.41, 5.74) is 0.919. The lowest BCUT2D eigenvalue weighted by Crippen LogP contribution is -2.33. The van der Waals surface area contributed by atoms with Crippen LogP contribution in [-0.4, -0.2) is 22.6 Å². The molecule has 1 amide bonds. The molecular formula is C20H23N3O3S. The maximum absolute atomic E-state index is 12.5. The zero-order valence-corrected chi connectivity index (χ0v) is 16.5. The molecule has 1 aromatic carbocycles. The first-order valence-electron chi connectivity index (χ1n) is 8.85. The van der Waals surface area contributed by atoms with Crippen LogP contribution >= 0.6 is 11.3 Å². The van der Waals surface area contributed by atoms with Crippen LogP contribution in [0.1, 0.15) is 31.9 Å². The predicted molar refractivity (Wildman–Crippen MR) is 107 cm³/mol. The van der Waals surface area contributed by atoms with Gasteiger partial charge in [-0.05, 0) is 35.1 Å². The van der Waals surface area contributed by atoms with E-state index in [0.29, 0.717) is 11.9 Å². The Morgan fingerprint density at radius 2 is 2.00 bits per heavy atom. The van der Waals surface area contributed by atoms with Crippen LogP contribution in [0.2, 0.25) is 0 Å². The highest BCUT2D eigenvalue weighted by Gasteiger charge is 2.18. The summed E-state index contributed by atoms with van der Waals surface area (Å²) in [7, 11) is 1.63. The monoisotopic (exact) mass is 385 g/mol. The number of carbonyl (C=O) groups excluding carboxylic acids is 1. The van der Waals surface area contributed by atoms with E-state index in [1.54, 1.807) is 13.2 Å². The van der Waals surface area contributed by atoms with Crippen LogP contribution in [0, 0.1) is 5.92 Å². The molecule has 3 rings (SSSR count). The number of methoxy groups -OCH3 is 1. The second kappa shape index (κ2) is 8.35. The SMILES string of the molecule is COc1ccc(C(NC(=O)CCn2cnc3sccc3c2=O)C(C)C)cc1. The van der Waals surface area contributed by atoms with Gasteiger partial charge in [0.05, 0.1) is 24.9 Å². The highest BCUT2D eigenvalue weighted by Crippen LogP contribution is 2.24. The largest absolute Gasteiger partial charge is 0.497 e. The number of fused-ring (bicyclic) bond motifs is 1. The van der Waals surface area contributed by atoms with Crippen molar-refractivity contribution in [1.82, 2.24) is 14.9 Å². The minimum Gasteiger partial charge on any atom is -0.497 e. The first-order valence-corrected chi connectivity index (χ1v) is 9.73. The van der Waals surface area contributed by atoms with Crippen molar-refractivity contribution in [2.75, 3.05) is 7.11 Å². The second-order valence-corrected chi connectivity index (χ2v) is 7.59. The van der Waals surface area contributed by atoms with Crippen LogP contribution in [0.5, 0.6) is 5.75 Å². The van der Waals surface area contributed by atoms with E-state index in [1.165, 1.54) is 22.2 Å². The number of ether oxygens (including phenoxy) is 1. The summed E-state index contributed by atoms with van der Waals surface area (Å²) in [6, 6.07) is 9.36. The molecule has 0 aliphatic rings. The number of hydrogen-bond donors (Lipinski definition) is 1. The fourth-order valence-corrected chi connectivity index (χ4v) is 3.69. The summed E-state index contributed by atoms with van der Waals surface area (Å²) in [6.45, 7) is 4.43. The average Bonchev–Trinajstić information content (AvgIpc) is 3.15. The highest BCUT2D eigenvalue weighted by atomic mass is 32.1. The second-order valence-electron chi connectivity index (χ2n) is 6.69. The number of nitrogens with zero attached hydrogens (tertiary/aromatic N) is 2. The van der Waals surface area contributed by atoms with E-state index in [0.717, 1.165) is 16.1 Å². The van der Waals surface area contributed by atoms with Crippen LogP contribution in [-0.2, 0) is 11.3 Å². The molecule has 0 fully saturated rings. The Morgan fingerprint density at radius 3 is 2.67 bits per heavy atom. The summed E-state index contributed by atoms with van der Waals surface area (Å²) in [4.78, 5) is 29.9. The Morgan fingerprint density at radius 1 is 1.26 bits per heavy atom. The molecule has 1 unspecified atom stereocenters. The number of rotatable bonds is 7. The van der Waals surface area contributed by atoms with E-state index in [1.807, 2.05) is 29.6 Å². The number of amides is 1. The molecule has 27 heavy (non-hydrogen) atoms. The van der Waals surface area contributed by atoms with Gasteiger partial charge in [-0.1, -0.05) is 26.0 Å². The molecule has 1 N–H and O–H groups in total. The molecule has 0 saturated carbocycles. The van der Waals surface area contributed by atoms with Crippen molar-refractivity contribution in [3.05, 3.63) is 58.0 Å². The van der Waals surface area contributed by atoms with Gasteiger partial charge in [-0.3, -0.25) is 14.2 Å². The standard InChI is InChI=1S/C20H23N3O3S/c1-13(2)18(14-4-6-15(26-3)7-5-14)22-17(24)8-10-23-12-21-19-16(20(23)25)9-11-27-19/h4-7,9,11-13,18H,8,10H2,1-3H3,(H,22,24). The van der Waals surface area contributed by atoms with Crippen LogP contribution in [0.15, 0.2) is 46.8 Å². The Hall–Kier alpha value is -2.67. The van der Waals surface area contributed by atoms with Gasteiger partial charge in [0.25, 0.3) is 5.56 Å². The number of carbonyl (C=O) groups is 1. The Labute approximate surface area is 161 Å². The van der Waals surface area contributed by atoms with Gasteiger partial charge in [0.2, 0.25) is 5.91 Å². The number of aryl methyl sites for hydroxylation is 1. The molecule has 6 nitrogen and oxygen atoms in total. The van der Waals surface area contributed by atoms with Crippen molar-refractivity contribution in [2.24, 2.45) is 5.92 Å². The Kier molecular flexibility index (Phi) is 5.91. The molecule has 3 aromatic rings. The van der Waals surface area contributed by atoms with Crippen LogP contribution < -0.4 is 15.6 Å². The van der Waals surface area contributed by atoms with Crippen molar-refractivity contribution in [3.8, 4) is 5.75 Å². The fraction of sp³-hybridized carbons (Fsp3) is 0.350. The third-order valence-electron chi connectivity index (χ3n) is 4.49. The summed E-state index contributed by atoms with van der Waals surface area (Å²) >= 11 is 1.43. The van der Waals surface area contributed by atoms with Gasteiger partial charge in [-0.15, -0.1) is 11.3 Å². The molecule has 1 atom stereocenters. The first-order chi connectivity index (χ1) is 13.0. The third-order valence-corrected chi connectivity index (χ3v) is 5.31. The van der Waals surface area contributed by atoms with E-state index in [2.05, 4.69) is 24.1 Å². The quantitative estimate of drug-likeness (QED) is 0.677. The van der Waals surface area contributed by atoms with Crippen molar-refractivity contribution in [1.29, 1.82) is 0 Å². The normalized spacial score (nSPS) is 12.3. The topological polar surface area (TPSA) is 73.2 Å².